The van der Waals surface area contributed by atoms with Crippen molar-refractivity contribution in [3.05, 3.63) is 66.0 Å². The maximum Gasteiger partial charge on any atom is 0.254 e. The monoisotopic (exact) mass is 370 g/mol. The van der Waals surface area contributed by atoms with E-state index in [1.165, 1.54) is 6.07 Å². The van der Waals surface area contributed by atoms with Crippen molar-refractivity contribution in [2.24, 2.45) is 0 Å². The summed E-state index contributed by atoms with van der Waals surface area (Å²) in [6, 6.07) is 8.69. The second kappa shape index (κ2) is 7.10. The molecule has 0 bridgehead atoms. The number of anilines is 1. The van der Waals surface area contributed by atoms with Crippen LogP contribution in [0, 0.1) is 11.6 Å². The van der Waals surface area contributed by atoms with E-state index in [2.05, 4.69) is 15.3 Å². The number of hydrogen-bond donors (Lipinski definition) is 0. The molecule has 1 aromatic carbocycles. The standard InChI is InChI=1S/C18H16F2N6O/c19-14-3-2-13(12-15(14)20)18(27)25-10-8-24(9-11-25)16-4-5-17(23-22-16)26-7-1-6-21-26/h1-7,12H,8-11H2. The molecule has 7 nitrogen and oxygen atoms in total. The molecule has 1 aliphatic rings. The molecule has 3 aromatic rings. The van der Waals surface area contributed by atoms with Gasteiger partial charge in [0.15, 0.2) is 23.3 Å². The van der Waals surface area contributed by atoms with E-state index in [4.69, 9.17) is 0 Å². The lowest BCUT2D eigenvalue weighted by molar-refractivity contribution is 0.0746. The van der Waals surface area contributed by atoms with Crippen LogP contribution in [0.2, 0.25) is 0 Å². The lowest BCUT2D eigenvalue weighted by atomic mass is 10.1. The van der Waals surface area contributed by atoms with Crippen molar-refractivity contribution < 1.29 is 13.6 Å². The molecule has 1 saturated heterocycles. The molecule has 0 aliphatic carbocycles. The van der Waals surface area contributed by atoms with Gasteiger partial charge in [-0.25, -0.2) is 13.5 Å². The number of piperazine rings is 1. The number of carbonyl (C=O) groups is 1. The first-order valence-electron chi connectivity index (χ1n) is 8.45. The Bertz CT molecular complexity index is 937. The van der Waals surface area contributed by atoms with Gasteiger partial charge in [0.05, 0.1) is 0 Å². The summed E-state index contributed by atoms with van der Waals surface area (Å²) in [5.41, 5.74) is 0.144. The molecular weight excluding hydrogens is 354 g/mol. The summed E-state index contributed by atoms with van der Waals surface area (Å²) in [4.78, 5) is 16.1. The summed E-state index contributed by atoms with van der Waals surface area (Å²) >= 11 is 0. The summed E-state index contributed by atoms with van der Waals surface area (Å²) in [7, 11) is 0. The van der Waals surface area contributed by atoms with Crippen molar-refractivity contribution in [2.75, 3.05) is 31.1 Å². The number of amides is 1. The number of nitrogens with zero attached hydrogens (tertiary/aromatic N) is 6. The lowest BCUT2D eigenvalue weighted by Crippen LogP contribution is -2.49. The molecule has 0 N–H and O–H groups in total. The SMILES string of the molecule is O=C(c1ccc(F)c(F)c1)N1CCN(c2ccc(-n3cccn3)nn2)CC1. The third-order valence-electron chi connectivity index (χ3n) is 4.43. The van der Waals surface area contributed by atoms with Crippen LogP contribution in [0.15, 0.2) is 48.8 Å². The molecular formula is C18H16F2N6O. The van der Waals surface area contributed by atoms with E-state index in [9.17, 15) is 13.6 Å². The predicted molar refractivity (Wildman–Crippen MR) is 93.6 cm³/mol. The Hall–Kier alpha value is -3.36. The van der Waals surface area contributed by atoms with Crippen LogP contribution < -0.4 is 4.90 Å². The summed E-state index contributed by atoms with van der Waals surface area (Å²) in [6.45, 7) is 2.07. The Balaban J connectivity index is 1.39. The maximum atomic E-state index is 13.3. The van der Waals surface area contributed by atoms with Gasteiger partial charge in [0.2, 0.25) is 0 Å². The average Bonchev–Trinajstić information content (AvgIpc) is 3.25. The van der Waals surface area contributed by atoms with Gasteiger partial charge >= 0.3 is 0 Å². The fourth-order valence-electron chi connectivity index (χ4n) is 2.96. The van der Waals surface area contributed by atoms with Crippen molar-refractivity contribution in [1.29, 1.82) is 0 Å². The molecule has 0 atom stereocenters. The highest BCUT2D eigenvalue weighted by atomic mass is 19.2. The van der Waals surface area contributed by atoms with Crippen LogP contribution in [-0.4, -0.2) is 57.0 Å². The van der Waals surface area contributed by atoms with Crippen LogP contribution in [0.3, 0.4) is 0 Å². The smallest absolute Gasteiger partial charge is 0.254 e. The number of hydrogen-bond acceptors (Lipinski definition) is 5. The quantitative estimate of drug-likeness (QED) is 0.705. The molecule has 3 heterocycles. The molecule has 27 heavy (non-hydrogen) atoms. The summed E-state index contributed by atoms with van der Waals surface area (Å²) < 4.78 is 28.0. The first-order valence-corrected chi connectivity index (χ1v) is 8.45. The Kier molecular flexibility index (Phi) is 4.49. The highest BCUT2D eigenvalue weighted by molar-refractivity contribution is 5.94. The zero-order chi connectivity index (χ0) is 18.8. The number of rotatable bonds is 3. The highest BCUT2D eigenvalue weighted by Crippen LogP contribution is 2.16. The first-order chi connectivity index (χ1) is 13.1. The number of benzene rings is 1. The van der Waals surface area contributed by atoms with Crippen LogP contribution in [0.5, 0.6) is 0 Å². The summed E-state index contributed by atoms with van der Waals surface area (Å²) in [6.07, 6.45) is 3.45. The molecule has 0 unspecified atom stereocenters. The van der Waals surface area contributed by atoms with Crippen LogP contribution >= 0.6 is 0 Å². The van der Waals surface area contributed by atoms with Crippen molar-refractivity contribution in [3.8, 4) is 5.82 Å². The summed E-state index contributed by atoms with van der Waals surface area (Å²) in [5.74, 6) is -0.962. The molecule has 1 aliphatic heterocycles. The van der Waals surface area contributed by atoms with Crippen molar-refractivity contribution in [3.63, 3.8) is 0 Å². The van der Waals surface area contributed by atoms with E-state index < -0.39 is 11.6 Å². The predicted octanol–water partition coefficient (Wildman–Crippen LogP) is 1.90. The van der Waals surface area contributed by atoms with E-state index in [1.54, 1.807) is 28.0 Å². The van der Waals surface area contributed by atoms with Crippen LogP contribution in [0.4, 0.5) is 14.6 Å². The van der Waals surface area contributed by atoms with Gasteiger partial charge in [0.1, 0.15) is 0 Å². The van der Waals surface area contributed by atoms with E-state index in [1.807, 2.05) is 17.0 Å². The normalized spacial score (nSPS) is 14.4. The fourth-order valence-corrected chi connectivity index (χ4v) is 2.96. The molecule has 1 fully saturated rings. The van der Waals surface area contributed by atoms with Crippen LogP contribution in [-0.2, 0) is 0 Å². The number of aromatic nitrogens is 4. The molecule has 9 heteroatoms. The summed E-state index contributed by atoms with van der Waals surface area (Å²) in [5, 5.41) is 12.5. The minimum atomic E-state index is -1.02. The van der Waals surface area contributed by atoms with E-state index >= 15 is 0 Å². The minimum absolute atomic E-state index is 0.144. The highest BCUT2D eigenvalue weighted by Gasteiger charge is 2.23. The van der Waals surface area contributed by atoms with Gasteiger partial charge in [-0.05, 0) is 36.4 Å². The topological polar surface area (TPSA) is 67.2 Å². The molecule has 2 aromatic heterocycles. The Labute approximate surface area is 153 Å². The Morgan fingerprint density at radius 1 is 0.926 bits per heavy atom. The zero-order valence-corrected chi connectivity index (χ0v) is 14.3. The zero-order valence-electron chi connectivity index (χ0n) is 14.3. The van der Waals surface area contributed by atoms with Crippen molar-refractivity contribution in [2.45, 2.75) is 0 Å². The number of halogens is 2. The molecule has 1 amide bonds. The van der Waals surface area contributed by atoms with Crippen molar-refractivity contribution in [1.82, 2.24) is 24.9 Å². The largest absolute Gasteiger partial charge is 0.352 e. The van der Waals surface area contributed by atoms with Gasteiger partial charge in [0, 0.05) is 44.1 Å². The Morgan fingerprint density at radius 2 is 1.67 bits per heavy atom. The van der Waals surface area contributed by atoms with Gasteiger partial charge in [-0.2, -0.15) is 5.10 Å². The van der Waals surface area contributed by atoms with Crippen LogP contribution in [0.1, 0.15) is 10.4 Å². The van der Waals surface area contributed by atoms with Gasteiger partial charge in [-0.1, -0.05) is 0 Å². The second-order valence-corrected chi connectivity index (χ2v) is 6.11. The average molecular weight is 370 g/mol. The van der Waals surface area contributed by atoms with Gasteiger partial charge in [0.25, 0.3) is 5.91 Å². The first kappa shape index (κ1) is 17.1. The lowest BCUT2D eigenvalue weighted by Gasteiger charge is -2.35. The van der Waals surface area contributed by atoms with Crippen molar-refractivity contribution >= 4 is 11.7 Å². The van der Waals surface area contributed by atoms with E-state index in [0.29, 0.717) is 37.8 Å². The molecule has 0 radical (unpaired) electrons. The van der Waals surface area contributed by atoms with Crippen LogP contribution in [0.25, 0.3) is 5.82 Å². The second-order valence-electron chi connectivity index (χ2n) is 6.11. The maximum absolute atomic E-state index is 13.3. The molecule has 4 rings (SSSR count). The Morgan fingerprint density at radius 3 is 2.30 bits per heavy atom. The molecule has 0 spiro atoms. The van der Waals surface area contributed by atoms with Gasteiger partial charge in [-0.15, -0.1) is 10.2 Å². The number of carbonyl (C=O) groups excluding carboxylic acids is 1. The third kappa shape index (κ3) is 3.48. The third-order valence-corrected chi connectivity index (χ3v) is 4.43. The minimum Gasteiger partial charge on any atom is -0.352 e. The van der Waals surface area contributed by atoms with E-state index in [-0.39, 0.29) is 11.5 Å². The van der Waals surface area contributed by atoms with E-state index in [0.717, 1.165) is 12.1 Å². The van der Waals surface area contributed by atoms with Gasteiger partial charge < -0.3 is 9.80 Å². The van der Waals surface area contributed by atoms with Gasteiger partial charge in [-0.3, -0.25) is 4.79 Å². The molecule has 138 valence electrons. The fraction of sp³-hybridized carbons (Fsp3) is 0.222. The molecule has 0 saturated carbocycles.